The molecule has 0 aromatic heterocycles. The van der Waals surface area contributed by atoms with Crippen LogP contribution in [0.2, 0.25) is 0 Å². The summed E-state index contributed by atoms with van der Waals surface area (Å²) in [7, 11) is -3.75. The molecule has 2 atom stereocenters. The minimum Gasteiger partial charge on any atom is -0.481 e. The number of benzene rings is 1. The SMILES string of the molecule is O=C(O)C1CCCC1NS(=O)(=O)c1cc(Br)ccc1Br. The molecule has 1 aromatic rings. The highest BCUT2D eigenvalue weighted by atomic mass is 79.9. The lowest BCUT2D eigenvalue weighted by atomic mass is 10.1. The molecule has 1 aliphatic rings. The van der Waals surface area contributed by atoms with Crippen molar-refractivity contribution in [3.8, 4) is 0 Å². The van der Waals surface area contributed by atoms with E-state index in [1.807, 2.05) is 0 Å². The maximum absolute atomic E-state index is 12.4. The number of carboxylic acid groups (broad SMARTS) is 1. The molecule has 0 bridgehead atoms. The zero-order valence-corrected chi connectivity index (χ0v) is 14.3. The number of aliphatic carboxylic acids is 1. The normalized spacial score (nSPS) is 22.9. The Morgan fingerprint density at radius 3 is 2.65 bits per heavy atom. The van der Waals surface area contributed by atoms with E-state index in [0.717, 1.165) is 0 Å². The fourth-order valence-corrected chi connectivity index (χ4v) is 5.16. The largest absolute Gasteiger partial charge is 0.481 e. The van der Waals surface area contributed by atoms with Crippen LogP contribution in [0.5, 0.6) is 0 Å². The fraction of sp³-hybridized carbons (Fsp3) is 0.417. The molecule has 0 spiro atoms. The Hall–Kier alpha value is -0.440. The van der Waals surface area contributed by atoms with Crippen molar-refractivity contribution in [3.63, 3.8) is 0 Å². The molecule has 1 aliphatic carbocycles. The topological polar surface area (TPSA) is 83.5 Å². The van der Waals surface area contributed by atoms with Crippen LogP contribution in [0.25, 0.3) is 0 Å². The average molecular weight is 427 g/mol. The van der Waals surface area contributed by atoms with Crippen molar-refractivity contribution >= 4 is 47.9 Å². The van der Waals surface area contributed by atoms with E-state index in [4.69, 9.17) is 5.11 Å². The fourth-order valence-electron chi connectivity index (χ4n) is 2.34. The predicted molar refractivity (Wildman–Crippen MR) is 80.9 cm³/mol. The van der Waals surface area contributed by atoms with Crippen LogP contribution in [0.4, 0.5) is 0 Å². The van der Waals surface area contributed by atoms with Crippen LogP contribution in [0, 0.1) is 5.92 Å². The summed E-state index contributed by atoms with van der Waals surface area (Å²) in [5.41, 5.74) is 0. The van der Waals surface area contributed by atoms with Gasteiger partial charge >= 0.3 is 5.97 Å². The van der Waals surface area contributed by atoms with Crippen molar-refractivity contribution in [1.29, 1.82) is 0 Å². The van der Waals surface area contributed by atoms with Gasteiger partial charge in [0.1, 0.15) is 0 Å². The van der Waals surface area contributed by atoms with Crippen molar-refractivity contribution in [2.45, 2.75) is 30.2 Å². The second-order valence-corrected chi connectivity index (χ2v) is 8.13. The van der Waals surface area contributed by atoms with Crippen molar-refractivity contribution in [3.05, 3.63) is 27.1 Å². The van der Waals surface area contributed by atoms with Gasteiger partial charge in [-0.2, -0.15) is 0 Å². The van der Waals surface area contributed by atoms with Gasteiger partial charge in [-0.1, -0.05) is 22.4 Å². The highest BCUT2D eigenvalue weighted by Gasteiger charge is 2.36. The molecule has 2 rings (SSSR count). The molecule has 0 aliphatic heterocycles. The molecule has 0 heterocycles. The Kier molecular flexibility index (Phi) is 4.88. The monoisotopic (exact) mass is 425 g/mol. The molecule has 1 saturated carbocycles. The van der Waals surface area contributed by atoms with Gasteiger partial charge in [0.25, 0.3) is 0 Å². The van der Waals surface area contributed by atoms with E-state index in [1.165, 1.54) is 6.07 Å². The Balaban J connectivity index is 2.27. The van der Waals surface area contributed by atoms with Crippen molar-refractivity contribution in [1.82, 2.24) is 4.72 Å². The number of nitrogens with one attached hydrogen (secondary N) is 1. The summed E-state index contributed by atoms with van der Waals surface area (Å²) in [5.74, 6) is -1.61. The molecular formula is C12H13Br2NO4S. The van der Waals surface area contributed by atoms with E-state index < -0.39 is 28.0 Å². The molecule has 5 nitrogen and oxygen atoms in total. The van der Waals surface area contributed by atoms with E-state index in [1.54, 1.807) is 12.1 Å². The number of carboxylic acids is 1. The van der Waals surface area contributed by atoms with Gasteiger partial charge in [-0.15, -0.1) is 0 Å². The van der Waals surface area contributed by atoms with Gasteiger partial charge < -0.3 is 5.11 Å². The number of carbonyl (C=O) groups is 1. The number of sulfonamides is 1. The summed E-state index contributed by atoms with van der Waals surface area (Å²) in [6, 6.07) is 4.28. The minimum absolute atomic E-state index is 0.0999. The van der Waals surface area contributed by atoms with Crippen LogP contribution >= 0.6 is 31.9 Å². The van der Waals surface area contributed by atoms with Gasteiger partial charge in [0.05, 0.1) is 10.8 Å². The zero-order chi connectivity index (χ0) is 14.9. The quantitative estimate of drug-likeness (QED) is 0.775. The lowest BCUT2D eigenvalue weighted by Crippen LogP contribution is -2.40. The first-order valence-electron chi connectivity index (χ1n) is 6.01. The smallest absolute Gasteiger partial charge is 0.308 e. The summed E-state index contributed by atoms with van der Waals surface area (Å²) >= 11 is 6.43. The van der Waals surface area contributed by atoms with Crippen molar-refractivity contribution < 1.29 is 18.3 Å². The predicted octanol–water partition coefficient (Wildman–Crippen LogP) is 2.74. The number of halogens is 2. The van der Waals surface area contributed by atoms with E-state index in [9.17, 15) is 13.2 Å². The van der Waals surface area contributed by atoms with Gasteiger partial charge in [-0.3, -0.25) is 4.79 Å². The third kappa shape index (κ3) is 3.41. The zero-order valence-electron chi connectivity index (χ0n) is 10.3. The van der Waals surface area contributed by atoms with E-state index in [2.05, 4.69) is 36.6 Å². The molecule has 20 heavy (non-hydrogen) atoms. The van der Waals surface area contributed by atoms with Crippen molar-refractivity contribution in [2.24, 2.45) is 5.92 Å². The molecule has 0 saturated heterocycles. The van der Waals surface area contributed by atoms with Crippen LogP contribution in [-0.4, -0.2) is 25.5 Å². The first-order chi connectivity index (χ1) is 9.31. The molecule has 8 heteroatoms. The first-order valence-corrected chi connectivity index (χ1v) is 9.08. The highest BCUT2D eigenvalue weighted by molar-refractivity contribution is 9.11. The molecular weight excluding hydrogens is 414 g/mol. The summed E-state index contributed by atoms with van der Waals surface area (Å²) in [5, 5.41) is 9.10. The van der Waals surface area contributed by atoms with Crippen LogP contribution in [0.1, 0.15) is 19.3 Å². The van der Waals surface area contributed by atoms with Crippen molar-refractivity contribution in [2.75, 3.05) is 0 Å². The van der Waals surface area contributed by atoms with Gasteiger partial charge in [-0.25, -0.2) is 13.1 Å². The molecule has 0 radical (unpaired) electrons. The minimum atomic E-state index is -3.75. The van der Waals surface area contributed by atoms with Crippen LogP contribution in [0.3, 0.4) is 0 Å². The summed E-state index contributed by atoms with van der Waals surface area (Å²) in [4.78, 5) is 11.2. The second kappa shape index (κ2) is 6.13. The maximum atomic E-state index is 12.4. The lowest BCUT2D eigenvalue weighted by molar-refractivity contribution is -0.141. The van der Waals surface area contributed by atoms with Gasteiger partial charge in [0, 0.05) is 15.0 Å². The van der Waals surface area contributed by atoms with Crippen LogP contribution < -0.4 is 4.72 Å². The summed E-state index contributed by atoms with van der Waals surface area (Å²) in [6.07, 6.45) is 1.76. The van der Waals surface area contributed by atoms with Gasteiger partial charge in [-0.05, 0) is 47.0 Å². The van der Waals surface area contributed by atoms with Gasteiger partial charge in [0.2, 0.25) is 10.0 Å². The third-order valence-electron chi connectivity index (χ3n) is 3.32. The van der Waals surface area contributed by atoms with Crippen LogP contribution in [0.15, 0.2) is 32.0 Å². The lowest BCUT2D eigenvalue weighted by Gasteiger charge is -2.18. The number of hydrogen-bond acceptors (Lipinski definition) is 3. The molecule has 2 unspecified atom stereocenters. The van der Waals surface area contributed by atoms with Gasteiger partial charge in [0.15, 0.2) is 0 Å². The standard InChI is InChI=1S/C12H13Br2NO4S/c13-7-4-5-9(14)11(6-7)20(18,19)15-10-3-1-2-8(10)12(16)17/h4-6,8,10,15H,1-3H2,(H,16,17). The maximum Gasteiger partial charge on any atom is 0.308 e. The Labute approximate surface area is 134 Å². The first kappa shape index (κ1) is 15.9. The average Bonchev–Trinajstić information content (AvgIpc) is 2.79. The Morgan fingerprint density at radius 1 is 1.30 bits per heavy atom. The summed E-state index contributed by atoms with van der Waals surface area (Å²) < 4.78 is 28.3. The molecule has 1 aromatic carbocycles. The Morgan fingerprint density at radius 2 is 2.00 bits per heavy atom. The van der Waals surface area contributed by atoms with E-state index in [-0.39, 0.29) is 4.90 Å². The van der Waals surface area contributed by atoms with E-state index in [0.29, 0.717) is 28.2 Å². The van der Waals surface area contributed by atoms with E-state index >= 15 is 0 Å². The molecule has 2 N–H and O–H groups in total. The Bertz CT molecular complexity index is 632. The second-order valence-electron chi connectivity index (χ2n) is 4.68. The summed E-state index contributed by atoms with van der Waals surface area (Å²) in [6.45, 7) is 0. The molecule has 1 fully saturated rings. The molecule has 0 amide bonds. The highest BCUT2D eigenvalue weighted by Crippen LogP contribution is 2.30. The number of rotatable bonds is 4. The van der Waals surface area contributed by atoms with Crippen LogP contribution in [-0.2, 0) is 14.8 Å². The third-order valence-corrected chi connectivity index (χ3v) is 6.30. The number of hydrogen-bond donors (Lipinski definition) is 2. The molecule has 110 valence electrons.